The lowest BCUT2D eigenvalue weighted by Crippen LogP contribution is -2.20. The van der Waals surface area contributed by atoms with E-state index in [4.69, 9.17) is 17.0 Å². The quantitative estimate of drug-likeness (QED) is 0.454. The highest BCUT2D eigenvalue weighted by Crippen LogP contribution is 2.21. The van der Waals surface area contributed by atoms with Gasteiger partial charge in [-0.05, 0) is 78.8 Å². The molecule has 3 aromatic carbocycles. The highest BCUT2D eigenvalue weighted by Gasteiger charge is 2.14. The lowest BCUT2D eigenvalue weighted by atomic mass is 10.1. The van der Waals surface area contributed by atoms with Crippen LogP contribution in [0.1, 0.15) is 12.5 Å². The third kappa shape index (κ3) is 5.49. The summed E-state index contributed by atoms with van der Waals surface area (Å²) in [6, 6.07) is 21.0. The molecule has 0 amide bonds. The van der Waals surface area contributed by atoms with Gasteiger partial charge in [-0.25, -0.2) is 8.42 Å². The Balaban J connectivity index is 1.65. The largest absolute Gasteiger partial charge is 0.497 e. The van der Waals surface area contributed by atoms with Crippen molar-refractivity contribution in [3.63, 3.8) is 0 Å². The average molecular weight is 442 g/mol. The summed E-state index contributed by atoms with van der Waals surface area (Å²) in [4.78, 5) is 0.152. The molecule has 30 heavy (non-hydrogen) atoms. The Morgan fingerprint density at radius 2 is 1.53 bits per heavy atom. The Morgan fingerprint density at radius 3 is 2.17 bits per heavy atom. The number of ether oxygens (including phenoxy) is 1. The maximum atomic E-state index is 12.6. The molecule has 0 aliphatic heterocycles. The SMILES string of the molecule is CCc1ccccc1NC(=S)Nc1ccc(S(=O)(=O)Nc2ccc(OC)cc2)cc1. The number of nitrogens with one attached hydrogen (secondary N) is 3. The molecule has 0 saturated heterocycles. The zero-order valence-corrected chi connectivity index (χ0v) is 18.3. The van der Waals surface area contributed by atoms with Crippen molar-refractivity contribution < 1.29 is 13.2 Å². The van der Waals surface area contributed by atoms with Crippen LogP contribution in [-0.4, -0.2) is 20.6 Å². The number of aryl methyl sites for hydroxylation is 1. The second kappa shape index (κ2) is 9.60. The third-order valence-corrected chi connectivity index (χ3v) is 6.01. The summed E-state index contributed by atoms with van der Waals surface area (Å²) < 4.78 is 32.8. The number of hydrogen-bond donors (Lipinski definition) is 3. The summed E-state index contributed by atoms with van der Waals surface area (Å²) in [6.07, 6.45) is 0.888. The van der Waals surface area contributed by atoms with E-state index in [2.05, 4.69) is 22.3 Å². The van der Waals surface area contributed by atoms with Gasteiger partial charge in [0.2, 0.25) is 0 Å². The zero-order valence-electron chi connectivity index (χ0n) is 16.7. The predicted octanol–water partition coefficient (Wildman–Crippen LogP) is 4.87. The first-order valence-electron chi connectivity index (χ1n) is 9.34. The molecule has 0 saturated carbocycles. The van der Waals surface area contributed by atoms with Gasteiger partial charge in [-0.15, -0.1) is 0 Å². The maximum Gasteiger partial charge on any atom is 0.261 e. The van der Waals surface area contributed by atoms with Gasteiger partial charge in [-0.3, -0.25) is 4.72 Å². The Labute approximate surface area is 182 Å². The van der Waals surface area contributed by atoms with Crippen LogP contribution in [0, 0.1) is 0 Å². The van der Waals surface area contributed by atoms with E-state index in [9.17, 15) is 8.42 Å². The number of methoxy groups -OCH3 is 1. The highest BCUT2D eigenvalue weighted by molar-refractivity contribution is 7.92. The normalized spacial score (nSPS) is 10.9. The summed E-state index contributed by atoms with van der Waals surface area (Å²) in [5.74, 6) is 0.652. The number of anilines is 3. The number of hydrogen-bond acceptors (Lipinski definition) is 4. The molecule has 6 nitrogen and oxygen atoms in total. The van der Waals surface area contributed by atoms with Gasteiger partial charge in [0.25, 0.3) is 10.0 Å². The van der Waals surface area contributed by atoms with Crippen LogP contribution in [-0.2, 0) is 16.4 Å². The summed E-state index contributed by atoms with van der Waals surface area (Å²) in [6.45, 7) is 2.08. The van der Waals surface area contributed by atoms with Crippen LogP contribution in [0.3, 0.4) is 0 Å². The van der Waals surface area contributed by atoms with Crippen LogP contribution in [0.4, 0.5) is 17.1 Å². The van der Waals surface area contributed by atoms with Crippen molar-refractivity contribution >= 4 is 44.4 Å². The summed E-state index contributed by atoms with van der Waals surface area (Å²) >= 11 is 5.38. The summed E-state index contributed by atoms with van der Waals surface area (Å²) in [7, 11) is -2.15. The van der Waals surface area contributed by atoms with E-state index in [0.717, 1.165) is 17.7 Å². The van der Waals surface area contributed by atoms with E-state index in [-0.39, 0.29) is 4.90 Å². The van der Waals surface area contributed by atoms with Crippen LogP contribution in [0.25, 0.3) is 0 Å². The Kier molecular flexibility index (Phi) is 6.91. The summed E-state index contributed by atoms with van der Waals surface area (Å²) in [5.41, 5.74) is 3.25. The average Bonchev–Trinajstić information content (AvgIpc) is 2.75. The first-order valence-corrected chi connectivity index (χ1v) is 11.2. The molecule has 0 aliphatic carbocycles. The van der Waals surface area contributed by atoms with Crippen molar-refractivity contribution in [3.8, 4) is 5.75 Å². The second-order valence-electron chi connectivity index (χ2n) is 6.45. The van der Waals surface area contributed by atoms with Crippen molar-refractivity contribution in [1.82, 2.24) is 0 Å². The summed E-state index contributed by atoms with van der Waals surface area (Å²) in [5, 5.41) is 6.68. The lowest BCUT2D eigenvalue weighted by molar-refractivity contribution is 0.415. The smallest absolute Gasteiger partial charge is 0.261 e. The minimum Gasteiger partial charge on any atom is -0.497 e. The van der Waals surface area contributed by atoms with E-state index in [1.54, 1.807) is 43.5 Å². The first-order chi connectivity index (χ1) is 14.4. The highest BCUT2D eigenvalue weighted by atomic mass is 32.2. The molecule has 0 heterocycles. The molecule has 0 fully saturated rings. The number of sulfonamides is 1. The van der Waals surface area contributed by atoms with Gasteiger partial charge in [0.15, 0.2) is 5.11 Å². The van der Waals surface area contributed by atoms with Crippen LogP contribution in [0.15, 0.2) is 77.7 Å². The van der Waals surface area contributed by atoms with E-state index in [0.29, 0.717) is 22.2 Å². The maximum absolute atomic E-state index is 12.6. The number of thiocarbonyl (C=S) groups is 1. The number of rotatable bonds is 7. The Morgan fingerprint density at radius 1 is 0.900 bits per heavy atom. The molecule has 8 heteroatoms. The lowest BCUT2D eigenvalue weighted by Gasteiger charge is -2.14. The van der Waals surface area contributed by atoms with Gasteiger partial charge in [0, 0.05) is 17.1 Å². The molecule has 3 rings (SSSR count). The minimum absolute atomic E-state index is 0.152. The van der Waals surface area contributed by atoms with Gasteiger partial charge in [0.1, 0.15) is 5.75 Å². The molecule has 156 valence electrons. The van der Waals surface area contributed by atoms with Crippen LogP contribution in [0.2, 0.25) is 0 Å². The fourth-order valence-corrected chi connectivity index (χ4v) is 4.11. The molecule has 0 bridgehead atoms. The van der Waals surface area contributed by atoms with Crippen molar-refractivity contribution in [2.75, 3.05) is 22.5 Å². The molecule has 0 atom stereocenters. The van der Waals surface area contributed by atoms with Crippen molar-refractivity contribution in [2.24, 2.45) is 0 Å². The van der Waals surface area contributed by atoms with E-state index < -0.39 is 10.0 Å². The molecular weight excluding hydrogens is 418 g/mol. The molecule has 3 aromatic rings. The molecule has 0 spiro atoms. The van der Waals surface area contributed by atoms with Gasteiger partial charge in [-0.1, -0.05) is 25.1 Å². The molecule has 0 unspecified atom stereocenters. The van der Waals surface area contributed by atoms with Crippen molar-refractivity contribution in [1.29, 1.82) is 0 Å². The number of benzene rings is 3. The van der Waals surface area contributed by atoms with Crippen LogP contribution >= 0.6 is 12.2 Å². The molecule has 3 N–H and O–H groups in total. The minimum atomic E-state index is -3.70. The Hall–Kier alpha value is -3.10. The van der Waals surface area contributed by atoms with Gasteiger partial charge in [0.05, 0.1) is 12.0 Å². The van der Waals surface area contributed by atoms with Crippen molar-refractivity contribution in [3.05, 3.63) is 78.4 Å². The van der Waals surface area contributed by atoms with Crippen molar-refractivity contribution in [2.45, 2.75) is 18.2 Å². The second-order valence-corrected chi connectivity index (χ2v) is 8.54. The van der Waals surface area contributed by atoms with Gasteiger partial charge >= 0.3 is 0 Å². The standard InChI is InChI=1S/C22H23N3O3S2/c1-3-16-6-4-5-7-21(16)24-22(29)23-17-10-14-20(15-11-17)30(26,27)25-18-8-12-19(28-2)13-9-18/h4-15,25H,3H2,1-2H3,(H2,23,24,29). The van der Waals surface area contributed by atoms with E-state index in [1.165, 1.54) is 12.1 Å². The monoisotopic (exact) mass is 441 g/mol. The van der Waals surface area contributed by atoms with Gasteiger partial charge in [-0.2, -0.15) is 0 Å². The van der Waals surface area contributed by atoms with E-state index in [1.807, 2.05) is 24.3 Å². The van der Waals surface area contributed by atoms with Crippen LogP contribution < -0.4 is 20.1 Å². The first kappa shape index (κ1) is 21.6. The van der Waals surface area contributed by atoms with Crippen LogP contribution in [0.5, 0.6) is 5.75 Å². The molecule has 0 radical (unpaired) electrons. The van der Waals surface area contributed by atoms with Gasteiger partial charge < -0.3 is 15.4 Å². The zero-order chi connectivity index (χ0) is 21.6. The predicted molar refractivity (Wildman–Crippen MR) is 126 cm³/mol. The topological polar surface area (TPSA) is 79.5 Å². The Bertz CT molecular complexity index is 1110. The van der Waals surface area contributed by atoms with E-state index >= 15 is 0 Å². The number of para-hydroxylation sites is 1. The fraction of sp³-hybridized carbons (Fsp3) is 0.136. The third-order valence-electron chi connectivity index (χ3n) is 4.41. The fourth-order valence-electron chi connectivity index (χ4n) is 2.83. The molecule has 0 aliphatic rings. The molecular formula is C22H23N3O3S2. The molecule has 0 aromatic heterocycles.